The summed E-state index contributed by atoms with van der Waals surface area (Å²) in [5, 5.41) is 27.5. The van der Waals surface area contributed by atoms with Crippen molar-refractivity contribution >= 4 is 5.97 Å². The van der Waals surface area contributed by atoms with Crippen LogP contribution in [-0.4, -0.2) is 33.5 Å². The molecule has 4 nitrogen and oxygen atoms in total. The second-order valence-corrected chi connectivity index (χ2v) is 12.4. The average molecular weight is 571 g/mol. The van der Waals surface area contributed by atoms with Crippen LogP contribution >= 0.6 is 0 Å². The molecule has 242 valence electrons. The van der Waals surface area contributed by atoms with E-state index in [-0.39, 0.29) is 6.10 Å². The Morgan fingerprint density at radius 1 is 0.400 bits per heavy atom. The van der Waals surface area contributed by atoms with E-state index in [0.29, 0.717) is 6.42 Å². The van der Waals surface area contributed by atoms with E-state index in [1.807, 2.05) is 0 Å². The van der Waals surface area contributed by atoms with Gasteiger partial charge in [0, 0.05) is 0 Å². The van der Waals surface area contributed by atoms with E-state index in [0.717, 1.165) is 25.7 Å². The maximum Gasteiger partial charge on any atom is 0.332 e. The summed E-state index contributed by atoms with van der Waals surface area (Å²) in [5.41, 5.74) is 0. The van der Waals surface area contributed by atoms with Crippen molar-refractivity contribution in [1.29, 1.82) is 0 Å². The van der Waals surface area contributed by atoms with E-state index in [4.69, 9.17) is 10.2 Å². The first kappa shape index (κ1) is 41.5. The molecule has 0 aliphatic heterocycles. The van der Waals surface area contributed by atoms with E-state index in [1.54, 1.807) is 0 Å². The lowest BCUT2D eigenvalue weighted by Crippen LogP contribution is -2.18. The Morgan fingerprint density at radius 2 is 0.625 bits per heavy atom. The van der Waals surface area contributed by atoms with Gasteiger partial charge in [-0.25, -0.2) is 4.79 Å². The van der Waals surface area contributed by atoms with Gasteiger partial charge in [0.15, 0.2) is 6.10 Å². The summed E-state index contributed by atoms with van der Waals surface area (Å²) in [6, 6.07) is 0. The van der Waals surface area contributed by atoms with Crippen molar-refractivity contribution in [3.05, 3.63) is 0 Å². The molecule has 0 rings (SSSR count). The lowest BCUT2D eigenvalue weighted by atomic mass is 10.0. The molecule has 0 saturated heterocycles. The van der Waals surface area contributed by atoms with Gasteiger partial charge in [0.2, 0.25) is 0 Å². The van der Waals surface area contributed by atoms with Crippen LogP contribution in [0.3, 0.4) is 0 Å². The molecule has 0 aliphatic rings. The van der Waals surface area contributed by atoms with Crippen LogP contribution < -0.4 is 0 Å². The average Bonchev–Trinajstić information content (AvgIpc) is 2.94. The Labute approximate surface area is 251 Å². The molecule has 40 heavy (non-hydrogen) atoms. The number of unbranched alkanes of at least 4 members (excludes halogenated alkanes) is 24. The Kier molecular flexibility index (Phi) is 37.8. The van der Waals surface area contributed by atoms with Gasteiger partial charge in [-0.15, -0.1) is 0 Å². The van der Waals surface area contributed by atoms with Gasteiger partial charge in [0.25, 0.3) is 0 Å². The molecule has 0 heterocycles. The number of carbonyl (C=O) groups is 1. The maximum atomic E-state index is 10.4. The van der Waals surface area contributed by atoms with E-state index in [9.17, 15) is 9.90 Å². The highest BCUT2D eigenvalue weighted by atomic mass is 16.4. The molecule has 2 unspecified atom stereocenters. The molecule has 0 aromatic rings. The van der Waals surface area contributed by atoms with Gasteiger partial charge in [-0.1, -0.05) is 194 Å². The van der Waals surface area contributed by atoms with Crippen molar-refractivity contribution in [2.75, 3.05) is 0 Å². The molecule has 0 spiro atoms. The highest BCUT2D eigenvalue weighted by Crippen LogP contribution is 2.15. The van der Waals surface area contributed by atoms with Crippen LogP contribution in [0, 0.1) is 0 Å². The van der Waals surface area contributed by atoms with E-state index >= 15 is 0 Å². The molecule has 0 aromatic carbocycles. The molecule has 3 N–H and O–H groups in total. The summed E-state index contributed by atoms with van der Waals surface area (Å²) in [7, 11) is 0. The van der Waals surface area contributed by atoms with Crippen LogP contribution in [0.5, 0.6) is 0 Å². The van der Waals surface area contributed by atoms with Gasteiger partial charge >= 0.3 is 5.97 Å². The standard InChI is InChI=1S/C18H36O3.C18H38O/c1-2-3-4-5-6-7-8-9-10-11-12-13-14-15-16-17(19)18(20)21;1-3-5-7-9-10-11-12-13-15-17-18(19)16-14-8-6-4-2/h17,19H,2-16H2,1H3,(H,20,21);18-19H,3-17H2,1-2H3. The zero-order chi connectivity index (χ0) is 29.9. The molecule has 2 atom stereocenters. The van der Waals surface area contributed by atoms with Crippen LogP contribution in [0.1, 0.15) is 213 Å². The zero-order valence-corrected chi connectivity index (χ0v) is 27.6. The summed E-state index contributed by atoms with van der Waals surface area (Å²) in [4.78, 5) is 10.4. The fraction of sp³-hybridized carbons (Fsp3) is 0.972. The number of carboxylic acids is 1. The number of hydrogen-bond donors (Lipinski definition) is 3. The lowest BCUT2D eigenvalue weighted by Gasteiger charge is -2.10. The zero-order valence-electron chi connectivity index (χ0n) is 27.6. The third kappa shape index (κ3) is 37.4. The molecule has 0 radical (unpaired) electrons. The van der Waals surface area contributed by atoms with Crippen molar-refractivity contribution in [3.8, 4) is 0 Å². The number of aliphatic carboxylic acids is 1. The quantitative estimate of drug-likeness (QED) is 0.0724. The van der Waals surface area contributed by atoms with Crippen LogP contribution in [0.25, 0.3) is 0 Å². The minimum atomic E-state index is -1.16. The summed E-state index contributed by atoms with van der Waals surface area (Å²) in [6.45, 7) is 6.76. The number of aliphatic hydroxyl groups excluding tert-OH is 2. The number of carboxylic acid groups (broad SMARTS) is 1. The predicted octanol–water partition coefficient (Wildman–Crippen LogP) is 11.5. The smallest absolute Gasteiger partial charge is 0.332 e. The second kappa shape index (κ2) is 36.4. The molecular weight excluding hydrogens is 496 g/mol. The van der Waals surface area contributed by atoms with Crippen molar-refractivity contribution in [2.24, 2.45) is 0 Å². The number of rotatable bonds is 31. The maximum absolute atomic E-state index is 10.4. The summed E-state index contributed by atoms with van der Waals surface area (Å²) in [5.74, 6) is -1.09. The van der Waals surface area contributed by atoms with Gasteiger partial charge in [-0.3, -0.25) is 0 Å². The Balaban J connectivity index is 0. The van der Waals surface area contributed by atoms with Crippen molar-refractivity contribution in [3.63, 3.8) is 0 Å². The molecular formula is C36H74O4. The lowest BCUT2D eigenvalue weighted by molar-refractivity contribution is -0.146. The molecule has 0 saturated carbocycles. The second-order valence-electron chi connectivity index (χ2n) is 12.4. The summed E-state index contributed by atoms with van der Waals surface area (Å²) in [6.07, 6.45) is 36.7. The molecule has 0 fully saturated rings. The molecule has 0 amide bonds. The van der Waals surface area contributed by atoms with E-state index in [1.165, 1.54) is 161 Å². The highest BCUT2D eigenvalue weighted by molar-refractivity contribution is 5.71. The SMILES string of the molecule is CCCCCCCCCCCC(O)CCCCCC.CCCCCCCCCCCCCCCCC(O)C(=O)O. The van der Waals surface area contributed by atoms with Crippen molar-refractivity contribution < 1.29 is 20.1 Å². The van der Waals surface area contributed by atoms with Crippen molar-refractivity contribution in [2.45, 2.75) is 226 Å². The van der Waals surface area contributed by atoms with Crippen LogP contribution in [0.2, 0.25) is 0 Å². The highest BCUT2D eigenvalue weighted by Gasteiger charge is 2.11. The summed E-state index contributed by atoms with van der Waals surface area (Å²) < 4.78 is 0. The third-order valence-corrected chi connectivity index (χ3v) is 8.15. The Bertz CT molecular complexity index is 468. The molecule has 0 aliphatic carbocycles. The number of hydrogen-bond acceptors (Lipinski definition) is 3. The largest absolute Gasteiger partial charge is 0.479 e. The van der Waals surface area contributed by atoms with Gasteiger partial charge in [0.05, 0.1) is 6.10 Å². The van der Waals surface area contributed by atoms with Crippen LogP contribution in [0.15, 0.2) is 0 Å². The molecule has 0 aromatic heterocycles. The van der Waals surface area contributed by atoms with Gasteiger partial charge in [0.1, 0.15) is 0 Å². The Morgan fingerprint density at radius 3 is 0.900 bits per heavy atom. The fourth-order valence-electron chi connectivity index (χ4n) is 5.30. The first-order valence-corrected chi connectivity index (χ1v) is 18.1. The summed E-state index contributed by atoms with van der Waals surface area (Å²) >= 11 is 0. The van der Waals surface area contributed by atoms with Crippen molar-refractivity contribution in [1.82, 2.24) is 0 Å². The normalized spacial score (nSPS) is 12.6. The predicted molar refractivity (Wildman–Crippen MR) is 175 cm³/mol. The number of aliphatic hydroxyl groups is 2. The fourth-order valence-corrected chi connectivity index (χ4v) is 5.30. The van der Waals surface area contributed by atoms with E-state index < -0.39 is 12.1 Å². The Hall–Kier alpha value is -0.610. The molecule has 4 heteroatoms. The van der Waals surface area contributed by atoms with Gasteiger partial charge < -0.3 is 15.3 Å². The minimum Gasteiger partial charge on any atom is -0.479 e. The third-order valence-electron chi connectivity index (χ3n) is 8.15. The first-order chi connectivity index (χ1) is 19.5. The van der Waals surface area contributed by atoms with Gasteiger partial charge in [-0.2, -0.15) is 0 Å². The monoisotopic (exact) mass is 571 g/mol. The first-order valence-electron chi connectivity index (χ1n) is 18.1. The van der Waals surface area contributed by atoms with Crippen LogP contribution in [0.4, 0.5) is 0 Å². The molecule has 0 bridgehead atoms. The topological polar surface area (TPSA) is 77.8 Å². The van der Waals surface area contributed by atoms with Gasteiger partial charge in [-0.05, 0) is 19.3 Å². The van der Waals surface area contributed by atoms with Crippen LogP contribution in [-0.2, 0) is 4.79 Å². The minimum absolute atomic E-state index is 0.0265. The van der Waals surface area contributed by atoms with E-state index in [2.05, 4.69) is 20.8 Å².